The summed E-state index contributed by atoms with van der Waals surface area (Å²) in [6.07, 6.45) is 0. The largest absolute Gasteiger partial charge is 0.377 e. The zero-order chi connectivity index (χ0) is 10.7. The monoisotopic (exact) mass is 268 g/mol. The van der Waals surface area contributed by atoms with Crippen LogP contribution < -0.4 is 5.32 Å². The van der Waals surface area contributed by atoms with Crippen molar-refractivity contribution in [3.05, 3.63) is 52.5 Å². The van der Waals surface area contributed by atoms with Gasteiger partial charge in [0.05, 0.1) is 16.8 Å². The van der Waals surface area contributed by atoms with E-state index in [-0.39, 0.29) is 5.82 Å². The van der Waals surface area contributed by atoms with Crippen LogP contribution in [0.25, 0.3) is 0 Å². The molecule has 0 amide bonds. The molecule has 0 spiro atoms. The van der Waals surface area contributed by atoms with E-state index in [1.807, 2.05) is 12.1 Å². The van der Waals surface area contributed by atoms with E-state index in [1.165, 1.54) is 6.07 Å². The Balaban J connectivity index is 2.02. The summed E-state index contributed by atoms with van der Waals surface area (Å²) in [6.45, 7) is 0.576. The first-order valence-electron chi connectivity index (χ1n) is 4.57. The van der Waals surface area contributed by atoms with Crippen LogP contribution in [0.2, 0.25) is 0 Å². The second kappa shape index (κ2) is 4.49. The van der Waals surface area contributed by atoms with Gasteiger partial charge in [0.15, 0.2) is 0 Å². The fraction of sp³-hybridized carbons (Fsp3) is 0.0909. The van der Waals surface area contributed by atoms with Gasteiger partial charge in [0, 0.05) is 5.69 Å². The number of halogens is 2. The molecule has 0 bridgehead atoms. The minimum atomic E-state index is -0.233. The first kappa shape index (κ1) is 10.2. The molecule has 1 heterocycles. The molecule has 0 fully saturated rings. The molecule has 0 saturated heterocycles. The summed E-state index contributed by atoms with van der Waals surface area (Å²) >= 11 is 3.32. The van der Waals surface area contributed by atoms with Gasteiger partial charge in [-0.15, -0.1) is 0 Å². The van der Waals surface area contributed by atoms with Crippen molar-refractivity contribution in [1.29, 1.82) is 0 Å². The van der Waals surface area contributed by atoms with Gasteiger partial charge in [-0.05, 0) is 40.2 Å². The Morgan fingerprint density at radius 3 is 2.67 bits per heavy atom. The Bertz CT molecular complexity index is 453. The number of rotatable bonds is 3. The van der Waals surface area contributed by atoms with Gasteiger partial charge in [0.1, 0.15) is 5.82 Å². The molecule has 0 aliphatic rings. The van der Waals surface area contributed by atoms with Crippen molar-refractivity contribution in [2.24, 2.45) is 0 Å². The normalized spacial score (nSPS) is 10.3. The van der Waals surface area contributed by atoms with E-state index in [4.69, 9.17) is 0 Å². The average molecular weight is 269 g/mol. The lowest BCUT2D eigenvalue weighted by atomic mass is 10.3. The molecule has 0 radical (unpaired) electrons. The summed E-state index contributed by atoms with van der Waals surface area (Å²) in [4.78, 5) is 3.10. The molecule has 0 atom stereocenters. The molecule has 15 heavy (non-hydrogen) atoms. The number of aromatic amines is 1. The molecule has 0 aliphatic heterocycles. The highest BCUT2D eigenvalue weighted by atomic mass is 79.9. The van der Waals surface area contributed by atoms with Gasteiger partial charge >= 0.3 is 0 Å². The van der Waals surface area contributed by atoms with E-state index in [0.29, 0.717) is 12.2 Å². The van der Waals surface area contributed by atoms with Gasteiger partial charge in [0.2, 0.25) is 0 Å². The predicted molar refractivity (Wildman–Crippen MR) is 62.2 cm³/mol. The Morgan fingerprint density at radius 1 is 1.20 bits per heavy atom. The molecule has 2 nitrogen and oxygen atoms in total. The maximum atomic E-state index is 13.2. The standard InChI is InChI=1S/C11H10BrFN2/c12-11-6-5-8(15-11)7-14-10-4-2-1-3-9(10)13/h1-6,14-15H,7H2. The highest BCUT2D eigenvalue weighted by Gasteiger charge is 2.00. The summed E-state index contributed by atoms with van der Waals surface area (Å²) in [7, 11) is 0. The smallest absolute Gasteiger partial charge is 0.146 e. The summed E-state index contributed by atoms with van der Waals surface area (Å²) in [5, 5.41) is 3.02. The fourth-order valence-electron chi connectivity index (χ4n) is 1.31. The van der Waals surface area contributed by atoms with Crippen LogP contribution in [0.3, 0.4) is 0 Å². The molecule has 4 heteroatoms. The van der Waals surface area contributed by atoms with Crippen molar-refractivity contribution >= 4 is 21.6 Å². The number of aromatic nitrogens is 1. The summed E-state index contributed by atoms with van der Waals surface area (Å²) in [5.74, 6) is -0.233. The molecule has 1 aromatic heterocycles. The zero-order valence-electron chi connectivity index (χ0n) is 7.93. The van der Waals surface area contributed by atoms with Crippen molar-refractivity contribution in [1.82, 2.24) is 4.98 Å². The lowest BCUT2D eigenvalue weighted by Crippen LogP contribution is -2.01. The van der Waals surface area contributed by atoms with Crippen molar-refractivity contribution in [3.8, 4) is 0 Å². The first-order valence-corrected chi connectivity index (χ1v) is 5.37. The molecule has 0 saturated carbocycles. The Labute approximate surface area is 95.6 Å². The Morgan fingerprint density at radius 2 is 2.00 bits per heavy atom. The molecule has 2 aromatic rings. The fourth-order valence-corrected chi connectivity index (χ4v) is 1.70. The Hall–Kier alpha value is -1.29. The van der Waals surface area contributed by atoms with E-state index in [1.54, 1.807) is 18.2 Å². The highest BCUT2D eigenvalue weighted by molar-refractivity contribution is 9.10. The lowest BCUT2D eigenvalue weighted by Gasteiger charge is -2.05. The summed E-state index contributed by atoms with van der Waals surface area (Å²) in [6, 6.07) is 10.5. The van der Waals surface area contributed by atoms with Gasteiger partial charge in [-0.25, -0.2) is 4.39 Å². The first-order chi connectivity index (χ1) is 7.25. The molecule has 78 valence electrons. The maximum absolute atomic E-state index is 13.2. The van der Waals surface area contributed by atoms with Gasteiger partial charge in [0.25, 0.3) is 0 Å². The van der Waals surface area contributed by atoms with Crippen LogP contribution in [-0.4, -0.2) is 4.98 Å². The van der Waals surface area contributed by atoms with E-state index in [9.17, 15) is 4.39 Å². The van der Waals surface area contributed by atoms with Crippen molar-refractivity contribution in [2.45, 2.75) is 6.54 Å². The number of benzene rings is 1. The third kappa shape index (κ3) is 2.59. The highest BCUT2D eigenvalue weighted by Crippen LogP contribution is 2.14. The van der Waals surface area contributed by atoms with Gasteiger partial charge < -0.3 is 10.3 Å². The van der Waals surface area contributed by atoms with Crippen LogP contribution in [-0.2, 0) is 6.54 Å². The summed E-state index contributed by atoms with van der Waals surface area (Å²) < 4.78 is 14.1. The molecular weight excluding hydrogens is 259 g/mol. The quantitative estimate of drug-likeness (QED) is 0.876. The maximum Gasteiger partial charge on any atom is 0.146 e. The van der Waals surface area contributed by atoms with E-state index in [2.05, 4.69) is 26.2 Å². The van der Waals surface area contributed by atoms with E-state index >= 15 is 0 Å². The molecule has 2 N–H and O–H groups in total. The molecular formula is C11H10BrFN2. The van der Waals surface area contributed by atoms with Gasteiger partial charge in [-0.3, -0.25) is 0 Å². The topological polar surface area (TPSA) is 27.8 Å². The van der Waals surface area contributed by atoms with Crippen LogP contribution in [0.1, 0.15) is 5.69 Å². The van der Waals surface area contributed by atoms with Crippen LogP contribution in [0.4, 0.5) is 10.1 Å². The number of hydrogen-bond donors (Lipinski definition) is 2. The molecule has 0 aliphatic carbocycles. The van der Waals surface area contributed by atoms with Crippen molar-refractivity contribution < 1.29 is 4.39 Å². The van der Waals surface area contributed by atoms with Crippen molar-refractivity contribution in [3.63, 3.8) is 0 Å². The number of para-hydroxylation sites is 1. The third-order valence-corrected chi connectivity index (χ3v) is 2.52. The number of H-pyrrole nitrogens is 1. The van der Waals surface area contributed by atoms with Crippen molar-refractivity contribution in [2.75, 3.05) is 5.32 Å². The van der Waals surface area contributed by atoms with Gasteiger partial charge in [-0.1, -0.05) is 12.1 Å². The number of nitrogens with one attached hydrogen (secondary N) is 2. The second-order valence-corrected chi connectivity index (χ2v) is 4.02. The molecule has 0 unspecified atom stereocenters. The predicted octanol–water partition coefficient (Wildman–Crippen LogP) is 3.53. The SMILES string of the molecule is Fc1ccccc1NCc1ccc(Br)[nH]1. The number of hydrogen-bond acceptors (Lipinski definition) is 1. The minimum absolute atomic E-state index is 0.233. The van der Waals surface area contributed by atoms with Crippen LogP contribution >= 0.6 is 15.9 Å². The zero-order valence-corrected chi connectivity index (χ0v) is 9.51. The molecule has 1 aromatic carbocycles. The molecule has 2 rings (SSSR count). The van der Waals surface area contributed by atoms with E-state index in [0.717, 1.165) is 10.3 Å². The van der Waals surface area contributed by atoms with Gasteiger partial charge in [-0.2, -0.15) is 0 Å². The van der Waals surface area contributed by atoms with E-state index < -0.39 is 0 Å². The Kier molecular flexibility index (Phi) is 3.06. The minimum Gasteiger partial charge on any atom is -0.377 e. The van der Waals surface area contributed by atoms with Crippen LogP contribution in [0.15, 0.2) is 41.0 Å². The lowest BCUT2D eigenvalue weighted by molar-refractivity contribution is 0.630. The third-order valence-electron chi connectivity index (χ3n) is 2.05. The number of anilines is 1. The second-order valence-electron chi connectivity index (χ2n) is 3.16. The van der Waals surface area contributed by atoms with Crippen LogP contribution in [0, 0.1) is 5.82 Å². The summed E-state index contributed by atoms with van der Waals surface area (Å²) in [5.41, 5.74) is 1.52. The average Bonchev–Trinajstić information content (AvgIpc) is 2.63. The van der Waals surface area contributed by atoms with Crippen LogP contribution in [0.5, 0.6) is 0 Å².